The molecule has 1 aliphatic rings. The van der Waals surface area contributed by atoms with Crippen LogP contribution in [0, 0.1) is 0 Å². The number of fused-ring (bicyclic) bond motifs is 2. The first-order valence-corrected chi connectivity index (χ1v) is 11.6. The summed E-state index contributed by atoms with van der Waals surface area (Å²) in [5.41, 5.74) is 5.92. The molecule has 3 nitrogen and oxygen atoms in total. The molecular weight excluding hydrogens is 388 g/mol. The Kier molecular flexibility index (Phi) is 5.17. The Labute approximate surface area is 182 Å². The molecule has 1 unspecified atom stereocenters. The molecule has 30 heavy (non-hydrogen) atoms. The van der Waals surface area contributed by atoms with Gasteiger partial charge in [0.2, 0.25) is 0 Å². The summed E-state index contributed by atoms with van der Waals surface area (Å²) >= 11 is 1.70. The summed E-state index contributed by atoms with van der Waals surface area (Å²) in [7, 11) is 1.78. The van der Waals surface area contributed by atoms with E-state index in [-0.39, 0.29) is 6.04 Å². The second-order valence-corrected chi connectivity index (χ2v) is 8.55. The first-order valence-electron chi connectivity index (χ1n) is 10.6. The van der Waals surface area contributed by atoms with Crippen LogP contribution >= 0.6 is 11.3 Å². The average Bonchev–Trinajstić information content (AvgIpc) is 3.34. The van der Waals surface area contributed by atoms with Gasteiger partial charge >= 0.3 is 0 Å². The van der Waals surface area contributed by atoms with E-state index in [1.165, 1.54) is 33.3 Å². The van der Waals surface area contributed by atoms with Crippen molar-refractivity contribution in [3.05, 3.63) is 76.6 Å². The van der Waals surface area contributed by atoms with Crippen LogP contribution in [0.1, 0.15) is 37.1 Å². The number of benzene rings is 2. The van der Waals surface area contributed by atoms with Gasteiger partial charge in [-0.1, -0.05) is 36.4 Å². The van der Waals surface area contributed by atoms with Crippen LogP contribution in [-0.4, -0.2) is 18.6 Å². The molecule has 1 aliphatic carbocycles. The van der Waals surface area contributed by atoms with Gasteiger partial charge in [0.25, 0.3) is 0 Å². The maximum absolute atomic E-state index is 5.94. The predicted molar refractivity (Wildman–Crippen MR) is 127 cm³/mol. The van der Waals surface area contributed by atoms with Crippen LogP contribution in [-0.2, 0) is 6.42 Å². The Balaban J connectivity index is 1.64. The molecule has 5 rings (SSSR count). The number of aromatic nitrogens is 1. The molecule has 4 heteroatoms. The quantitative estimate of drug-likeness (QED) is 0.356. The zero-order valence-electron chi connectivity index (χ0n) is 17.5. The predicted octanol–water partition coefficient (Wildman–Crippen LogP) is 6.88. The Morgan fingerprint density at radius 1 is 1.13 bits per heavy atom. The molecule has 0 bridgehead atoms. The number of hydrogen-bond donors (Lipinski definition) is 0. The highest BCUT2D eigenvalue weighted by Gasteiger charge is 2.31. The van der Waals surface area contributed by atoms with Gasteiger partial charge in [0.1, 0.15) is 5.75 Å². The molecule has 0 saturated heterocycles. The third-order valence-corrected chi connectivity index (χ3v) is 6.84. The standard InChI is InChI=1S/C26H26N2OS/c1-3-28(23-12-6-9-18-8-4-5-10-20(18)23)24-13-7-11-21-26(24)25(29-2)16-22(27-21)19-14-15-30-17-19/h4-6,8-10,12,14-17,24H,3,7,11,13H2,1-2H3. The number of anilines is 1. The number of nitrogens with zero attached hydrogens (tertiary/aromatic N) is 2. The molecule has 0 aliphatic heterocycles. The van der Waals surface area contributed by atoms with Crippen LogP contribution in [0.3, 0.4) is 0 Å². The third kappa shape index (κ3) is 3.25. The maximum atomic E-state index is 5.94. The second kappa shape index (κ2) is 8.11. The lowest BCUT2D eigenvalue weighted by molar-refractivity contribution is 0.393. The fourth-order valence-corrected chi connectivity index (χ4v) is 5.44. The fourth-order valence-electron chi connectivity index (χ4n) is 4.79. The molecule has 0 N–H and O–H groups in total. The summed E-state index contributed by atoms with van der Waals surface area (Å²) in [4.78, 5) is 7.62. The molecule has 0 amide bonds. The zero-order valence-corrected chi connectivity index (χ0v) is 18.3. The molecule has 2 heterocycles. The molecule has 2 aromatic heterocycles. The first-order chi connectivity index (χ1) is 14.8. The van der Waals surface area contributed by atoms with Crippen molar-refractivity contribution < 1.29 is 4.74 Å². The van der Waals surface area contributed by atoms with Gasteiger partial charge in [0.05, 0.1) is 24.5 Å². The number of thiophene rings is 1. The Hall–Kier alpha value is -2.85. The van der Waals surface area contributed by atoms with E-state index in [2.05, 4.69) is 77.2 Å². The van der Waals surface area contributed by atoms with Crippen molar-refractivity contribution in [1.82, 2.24) is 4.98 Å². The minimum atomic E-state index is 0.267. The molecular formula is C26H26N2OS. The van der Waals surface area contributed by atoms with Crippen molar-refractivity contribution in [1.29, 1.82) is 0 Å². The minimum Gasteiger partial charge on any atom is -0.496 e. The van der Waals surface area contributed by atoms with E-state index in [9.17, 15) is 0 Å². The van der Waals surface area contributed by atoms with Crippen LogP contribution in [0.2, 0.25) is 0 Å². The van der Waals surface area contributed by atoms with Gasteiger partial charge in [0, 0.05) is 40.2 Å². The number of hydrogen-bond acceptors (Lipinski definition) is 4. The Morgan fingerprint density at radius 2 is 2.00 bits per heavy atom. The summed E-state index contributed by atoms with van der Waals surface area (Å²) in [6, 6.07) is 19.8. The lowest BCUT2D eigenvalue weighted by Crippen LogP contribution is -2.32. The summed E-state index contributed by atoms with van der Waals surface area (Å²) in [5.74, 6) is 0.963. The lowest BCUT2D eigenvalue weighted by atomic mass is 9.88. The van der Waals surface area contributed by atoms with Crippen molar-refractivity contribution in [2.24, 2.45) is 0 Å². The smallest absolute Gasteiger partial charge is 0.128 e. The van der Waals surface area contributed by atoms with E-state index in [1.807, 2.05) is 0 Å². The number of methoxy groups -OCH3 is 1. The van der Waals surface area contributed by atoms with Crippen LogP contribution in [0.25, 0.3) is 22.0 Å². The summed E-state index contributed by atoms with van der Waals surface area (Å²) in [5, 5.41) is 6.84. The average molecular weight is 415 g/mol. The topological polar surface area (TPSA) is 25.4 Å². The largest absolute Gasteiger partial charge is 0.496 e. The Morgan fingerprint density at radius 3 is 2.80 bits per heavy atom. The number of aryl methyl sites for hydroxylation is 1. The van der Waals surface area contributed by atoms with Crippen LogP contribution < -0.4 is 9.64 Å². The van der Waals surface area contributed by atoms with Gasteiger partial charge in [0.15, 0.2) is 0 Å². The Bertz CT molecular complexity index is 1150. The number of pyridine rings is 1. The van der Waals surface area contributed by atoms with E-state index in [1.54, 1.807) is 18.4 Å². The molecule has 4 aromatic rings. The highest BCUT2D eigenvalue weighted by atomic mass is 32.1. The fraction of sp³-hybridized carbons (Fsp3) is 0.269. The minimum absolute atomic E-state index is 0.267. The summed E-state index contributed by atoms with van der Waals surface area (Å²) in [6.45, 7) is 3.18. The lowest BCUT2D eigenvalue weighted by Gasteiger charge is -2.38. The van der Waals surface area contributed by atoms with Gasteiger partial charge < -0.3 is 9.64 Å². The molecule has 0 saturated carbocycles. The number of rotatable bonds is 5. The van der Waals surface area contributed by atoms with Crippen molar-refractivity contribution >= 4 is 27.8 Å². The molecule has 152 valence electrons. The highest BCUT2D eigenvalue weighted by molar-refractivity contribution is 7.08. The van der Waals surface area contributed by atoms with Crippen LogP contribution in [0.5, 0.6) is 5.75 Å². The molecule has 2 aromatic carbocycles. The van der Waals surface area contributed by atoms with Gasteiger partial charge in [-0.2, -0.15) is 11.3 Å². The van der Waals surface area contributed by atoms with Gasteiger partial charge in [-0.05, 0) is 49.1 Å². The molecule has 0 fully saturated rings. The normalized spacial score (nSPS) is 15.7. The molecule has 0 radical (unpaired) electrons. The second-order valence-electron chi connectivity index (χ2n) is 7.77. The number of ether oxygens (including phenoxy) is 1. The van der Waals surface area contributed by atoms with Gasteiger partial charge in [-0.25, -0.2) is 0 Å². The molecule has 1 atom stereocenters. The van der Waals surface area contributed by atoms with Crippen molar-refractivity contribution in [3.63, 3.8) is 0 Å². The van der Waals surface area contributed by atoms with E-state index in [0.717, 1.165) is 37.3 Å². The van der Waals surface area contributed by atoms with Crippen LogP contribution in [0.4, 0.5) is 5.69 Å². The summed E-state index contributed by atoms with van der Waals surface area (Å²) < 4.78 is 5.94. The first kappa shape index (κ1) is 19.1. The molecule has 0 spiro atoms. The van der Waals surface area contributed by atoms with Crippen molar-refractivity contribution in [2.75, 3.05) is 18.6 Å². The van der Waals surface area contributed by atoms with E-state index >= 15 is 0 Å². The zero-order chi connectivity index (χ0) is 20.5. The van der Waals surface area contributed by atoms with E-state index in [4.69, 9.17) is 9.72 Å². The third-order valence-electron chi connectivity index (χ3n) is 6.15. The maximum Gasteiger partial charge on any atom is 0.128 e. The van der Waals surface area contributed by atoms with E-state index < -0.39 is 0 Å². The van der Waals surface area contributed by atoms with Crippen LogP contribution in [0.15, 0.2) is 65.4 Å². The van der Waals surface area contributed by atoms with E-state index in [0.29, 0.717) is 0 Å². The highest BCUT2D eigenvalue weighted by Crippen LogP contribution is 2.44. The van der Waals surface area contributed by atoms with Crippen molar-refractivity contribution in [3.8, 4) is 17.0 Å². The van der Waals surface area contributed by atoms with Gasteiger partial charge in [-0.15, -0.1) is 0 Å². The SMILES string of the molecule is CCN(c1cccc2ccccc12)C1CCCc2nc(-c3ccsc3)cc(OC)c21. The van der Waals surface area contributed by atoms with Gasteiger partial charge in [-0.3, -0.25) is 4.98 Å². The van der Waals surface area contributed by atoms with Crippen molar-refractivity contribution in [2.45, 2.75) is 32.2 Å². The monoisotopic (exact) mass is 414 g/mol. The summed E-state index contributed by atoms with van der Waals surface area (Å²) in [6.07, 6.45) is 3.26.